The van der Waals surface area contributed by atoms with Crippen molar-refractivity contribution in [1.82, 2.24) is 4.90 Å². The van der Waals surface area contributed by atoms with E-state index in [1.807, 2.05) is 0 Å². The number of likely N-dealkylation sites (tertiary alicyclic amines) is 1. The number of carbonyl (C=O) groups is 3. The lowest BCUT2D eigenvalue weighted by molar-refractivity contribution is -0.136. The van der Waals surface area contributed by atoms with Crippen molar-refractivity contribution < 1.29 is 23.9 Å². The van der Waals surface area contributed by atoms with Crippen LogP contribution in [-0.2, 0) is 19.1 Å². The average molecular weight is 297 g/mol. The molecule has 1 fully saturated rings. The molecular formula is C15H23NO5. The Balaban J connectivity index is 2.35. The van der Waals surface area contributed by atoms with Gasteiger partial charge < -0.3 is 14.4 Å². The highest BCUT2D eigenvalue weighted by Gasteiger charge is 2.21. The van der Waals surface area contributed by atoms with Crippen LogP contribution >= 0.6 is 0 Å². The van der Waals surface area contributed by atoms with E-state index in [0.717, 1.165) is 12.8 Å². The second-order valence-corrected chi connectivity index (χ2v) is 6.09. The first-order valence-electron chi connectivity index (χ1n) is 7.06. The Bertz CT molecular complexity index is 428. The van der Waals surface area contributed by atoms with E-state index in [1.165, 1.54) is 6.08 Å². The Morgan fingerprint density at radius 1 is 1.14 bits per heavy atom. The Hall–Kier alpha value is -1.85. The third kappa shape index (κ3) is 6.92. The van der Waals surface area contributed by atoms with Crippen molar-refractivity contribution in [1.29, 1.82) is 0 Å². The molecule has 0 spiro atoms. The SMILES string of the molecule is CC(=O)N1CCC(/C=C/C(=O)OC(=O)OC(C)(C)C)CC1. The number of rotatable bonds is 2. The van der Waals surface area contributed by atoms with Crippen LogP contribution in [0.3, 0.4) is 0 Å². The van der Waals surface area contributed by atoms with Gasteiger partial charge in [-0.1, -0.05) is 6.08 Å². The zero-order chi connectivity index (χ0) is 16.0. The molecule has 6 nitrogen and oxygen atoms in total. The van der Waals surface area contributed by atoms with E-state index in [9.17, 15) is 14.4 Å². The van der Waals surface area contributed by atoms with Gasteiger partial charge in [0.1, 0.15) is 5.60 Å². The molecule has 0 N–H and O–H groups in total. The summed E-state index contributed by atoms with van der Waals surface area (Å²) in [7, 11) is 0. The molecule has 0 atom stereocenters. The Labute approximate surface area is 125 Å². The second kappa shape index (κ2) is 7.24. The molecular weight excluding hydrogens is 274 g/mol. The zero-order valence-electron chi connectivity index (χ0n) is 13.0. The first kappa shape index (κ1) is 17.2. The van der Waals surface area contributed by atoms with E-state index in [-0.39, 0.29) is 11.8 Å². The number of carbonyl (C=O) groups excluding carboxylic acids is 3. The number of allylic oxidation sites excluding steroid dienone is 1. The molecule has 1 aliphatic rings. The van der Waals surface area contributed by atoms with Crippen LogP contribution < -0.4 is 0 Å². The maximum atomic E-state index is 11.5. The normalized spacial score (nSPS) is 16.9. The van der Waals surface area contributed by atoms with Gasteiger partial charge in [0.05, 0.1) is 0 Å². The quantitative estimate of drug-likeness (QED) is 0.444. The van der Waals surface area contributed by atoms with Gasteiger partial charge in [0.25, 0.3) is 0 Å². The van der Waals surface area contributed by atoms with E-state index in [1.54, 1.807) is 38.7 Å². The topological polar surface area (TPSA) is 72.9 Å². The summed E-state index contributed by atoms with van der Waals surface area (Å²) in [6, 6.07) is 0. The molecule has 0 saturated carbocycles. The lowest BCUT2D eigenvalue weighted by Gasteiger charge is -2.29. The monoisotopic (exact) mass is 297 g/mol. The maximum Gasteiger partial charge on any atom is 0.516 e. The molecule has 1 aliphatic heterocycles. The Morgan fingerprint density at radius 2 is 1.71 bits per heavy atom. The van der Waals surface area contributed by atoms with Crippen LogP contribution in [0.15, 0.2) is 12.2 Å². The summed E-state index contributed by atoms with van der Waals surface area (Å²) in [5, 5.41) is 0. The number of esters is 1. The second-order valence-electron chi connectivity index (χ2n) is 6.09. The van der Waals surface area contributed by atoms with Crippen LogP contribution in [0.25, 0.3) is 0 Å². The van der Waals surface area contributed by atoms with Crippen LogP contribution in [-0.4, -0.2) is 41.6 Å². The zero-order valence-corrected chi connectivity index (χ0v) is 13.0. The molecule has 0 aromatic heterocycles. The van der Waals surface area contributed by atoms with Crippen LogP contribution in [0, 0.1) is 5.92 Å². The number of hydrogen-bond donors (Lipinski definition) is 0. The first-order valence-corrected chi connectivity index (χ1v) is 7.06. The van der Waals surface area contributed by atoms with Crippen molar-refractivity contribution in [3.05, 3.63) is 12.2 Å². The molecule has 0 aromatic carbocycles. The highest BCUT2D eigenvalue weighted by Crippen LogP contribution is 2.18. The molecule has 0 bridgehead atoms. The average Bonchev–Trinajstić information content (AvgIpc) is 2.34. The molecule has 0 aliphatic carbocycles. The van der Waals surface area contributed by atoms with Crippen molar-refractivity contribution in [2.24, 2.45) is 5.92 Å². The Kier molecular flexibility index (Phi) is 5.93. The molecule has 21 heavy (non-hydrogen) atoms. The maximum absolute atomic E-state index is 11.5. The minimum absolute atomic E-state index is 0.0711. The molecule has 1 heterocycles. The molecule has 118 valence electrons. The fraction of sp³-hybridized carbons (Fsp3) is 0.667. The minimum Gasteiger partial charge on any atom is -0.428 e. The third-order valence-corrected chi connectivity index (χ3v) is 3.06. The summed E-state index contributed by atoms with van der Waals surface area (Å²) < 4.78 is 9.41. The lowest BCUT2D eigenvalue weighted by atomic mass is 9.96. The fourth-order valence-electron chi connectivity index (χ4n) is 2.01. The van der Waals surface area contributed by atoms with Crippen molar-refractivity contribution in [2.75, 3.05) is 13.1 Å². The van der Waals surface area contributed by atoms with E-state index >= 15 is 0 Å². The van der Waals surface area contributed by atoms with E-state index in [4.69, 9.17) is 4.74 Å². The van der Waals surface area contributed by atoms with E-state index in [0.29, 0.717) is 13.1 Å². The fourth-order valence-corrected chi connectivity index (χ4v) is 2.01. The lowest BCUT2D eigenvalue weighted by Crippen LogP contribution is -2.36. The predicted octanol–water partition coefficient (Wildman–Crippen LogP) is 2.28. The van der Waals surface area contributed by atoms with Gasteiger partial charge in [0, 0.05) is 26.1 Å². The number of hydrogen-bond acceptors (Lipinski definition) is 5. The first-order chi connectivity index (χ1) is 9.67. The molecule has 0 radical (unpaired) electrons. The smallest absolute Gasteiger partial charge is 0.428 e. The van der Waals surface area contributed by atoms with Crippen molar-refractivity contribution >= 4 is 18.0 Å². The van der Waals surface area contributed by atoms with Gasteiger partial charge >= 0.3 is 12.1 Å². The van der Waals surface area contributed by atoms with Gasteiger partial charge in [-0.2, -0.15) is 0 Å². The predicted molar refractivity (Wildman–Crippen MR) is 76.4 cm³/mol. The number of nitrogens with zero attached hydrogens (tertiary/aromatic N) is 1. The third-order valence-electron chi connectivity index (χ3n) is 3.06. The summed E-state index contributed by atoms with van der Waals surface area (Å²) in [5.41, 5.74) is -0.694. The van der Waals surface area contributed by atoms with Crippen LogP contribution in [0.1, 0.15) is 40.5 Å². The Morgan fingerprint density at radius 3 is 2.19 bits per heavy atom. The van der Waals surface area contributed by atoms with Gasteiger partial charge in [-0.05, 0) is 39.5 Å². The molecule has 1 saturated heterocycles. The van der Waals surface area contributed by atoms with Crippen molar-refractivity contribution in [3.63, 3.8) is 0 Å². The van der Waals surface area contributed by atoms with Crippen LogP contribution in [0.2, 0.25) is 0 Å². The van der Waals surface area contributed by atoms with Gasteiger partial charge in [0.2, 0.25) is 5.91 Å². The number of piperidine rings is 1. The van der Waals surface area contributed by atoms with Gasteiger partial charge in [0.15, 0.2) is 0 Å². The summed E-state index contributed by atoms with van der Waals surface area (Å²) in [4.78, 5) is 35.7. The number of amides is 1. The molecule has 0 aromatic rings. The standard InChI is InChI=1S/C15H23NO5/c1-11(17)16-9-7-12(8-10-16)5-6-13(18)20-14(19)21-15(2,3)4/h5-6,12H,7-10H2,1-4H3/b6-5+. The van der Waals surface area contributed by atoms with Gasteiger partial charge in [-0.3, -0.25) is 4.79 Å². The molecule has 1 rings (SSSR count). The minimum atomic E-state index is -0.997. The molecule has 6 heteroatoms. The largest absolute Gasteiger partial charge is 0.516 e. The highest BCUT2D eigenvalue weighted by atomic mass is 16.7. The van der Waals surface area contributed by atoms with Crippen molar-refractivity contribution in [3.8, 4) is 0 Å². The summed E-state index contributed by atoms with van der Waals surface area (Å²) in [6.07, 6.45) is 3.58. The molecule has 0 unspecified atom stereocenters. The summed E-state index contributed by atoms with van der Waals surface area (Å²) in [5.74, 6) is -0.452. The van der Waals surface area contributed by atoms with Gasteiger partial charge in [-0.15, -0.1) is 0 Å². The summed E-state index contributed by atoms with van der Waals surface area (Å²) >= 11 is 0. The van der Waals surface area contributed by atoms with E-state index in [2.05, 4.69) is 4.74 Å². The van der Waals surface area contributed by atoms with Crippen LogP contribution in [0.4, 0.5) is 4.79 Å². The number of ether oxygens (including phenoxy) is 2. The van der Waals surface area contributed by atoms with Crippen molar-refractivity contribution in [2.45, 2.75) is 46.1 Å². The van der Waals surface area contributed by atoms with Gasteiger partial charge in [-0.25, -0.2) is 9.59 Å². The van der Waals surface area contributed by atoms with Crippen LogP contribution in [0.5, 0.6) is 0 Å². The molecule has 1 amide bonds. The highest BCUT2D eigenvalue weighted by molar-refractivity contribution is 5.89. The van der Waals surface area contributed by atoms with E-state index < -0.39 is 17.7 Å². The summed E-state index contributed by atoms with van der Waals surface area (Å²) in [6.45, 7) is 8.00.